The molecular formula is C17H15N3O4. The molecule has 0 aliphatic carbocycles. The van der Waals surface area contributed by atoms with Gasteiger partial charge in [-0.1, -0.05) is 29.8 Å². The number of carbonyl (C=O) groups is 1. The average Bonchev–Trinajstić information content (AvgIpc) is 3.01. The minimum absolute atomic E-state index is 0.117. The van der Waals surface area contributed by atoms with Gasteiger partial charge in [0.2, 0.25) is 18.0 Å². The Morgan fingerprint density at radius 1 is 1.21 bits per heavy atom. The van der Waals surface area contributed by atoms with Crippen molar-refractivity contribution in [2.45, 2.75) is 20.1 Å². The van der Waals surface area contributed by atoms with Gasteiger partial charge in [-0.25, -0.2) is 0 Å². The normalized spacial score (nSPS) is 16.5. The van der Waals surface area contributed by atoms with E-state index < -0.39 is 11.2 Å². The molecule has 0 saturated carbocycles. The van der Waals surface area contributed by atoms with Crippen molar-refractivity contribution in [1.29, 1.82) is 0 Å². The molecule has 0 aromatic heterocycles. The number of nitrogens with zero attached hydrogens (tertiary/aromatic N) is 3. The Labute approximate surface area is 138 Å². The molecule has 7 nitrogen and oxygen atoms in total. The predicted octanol–water partition coefficient (Wildman–Crippen LogP) is 3.14. The Hall–Kier alpha value is -3.22. The van der Waals surface area contributed by atoms with E-state index >= 15 is 0 Å². The first-order valence-corrected chi connectivity index (χ1v) is 7.33. The van der Waals surface area contributed by atoms with Crippen LogP contribution in [0.15, 0.2) is 53.6 Å². The number of amides is 1. The molecule has 0 spiro atoms. The molecule has 0 fully saturated rings. The minimum Gasteiger partial charge on any atom is -0.445 e. The van der Waals surface area contributed by atoms with Crippen molar-refractivity contribution in [1.82, 2.24) is 5.01 Å². The summed E-state index contributed by atoms with van der Waals surface area (Å²) in [6.45, 7) is 3.30. The summed E-state index contributed by atoms with van der Waals surface area (Å²) < 4.78 is 5.79. The smallest absolute Gasteiger partial charge is 0.278 e. The molecule has 0 saturated heterocycles. The summed E-state index contributed by atoms with van der Waals surface area (Å²) in [5.41, 5.74) is 1.95. The summed E-state index contributed by atoms with van der Waals surface area (Å²) in [6, 6.07) is 13.6. The highest BCUT2D eigenvalue weighted by molar-refractivity contribution is 5.96. The van der Waals surface area contributed by atoms with Crippen molar-refractivity contribution < 1.29 is 14.5 Å². The van der Waals surface area contributed by atoms with Crippen LogP contribution in [0.1, 0.15) is 29.8 Å². The fourth-order valence-electron chi connectivity index (χ4n) is 2.44. The lowest BCUT2D eigenvalue weighted by molar-refractivity contribution is -0.386. The standard InChI is InChI=1S/C17H15N3O4/c1-11-7-9-13(10-8-11)16-18-19(12(2)21)17(24-16)14-5-3-4-6-15(14)20(22)23/h3-10,17H,1-2H3/t17-/m1/s1. The van der Waals surface area contributed by atoms with Crippen LogP contribution in [0.3, 0.4) is 0 Å². The molecule has 2 aromatic rings. The third-order valence-corrected chi connectivity index (χ3v) is 3.66. The number of nitro benzene ring substituents is 1. The molecule has 1 heterocycles. The second kappa shape index (κ2) is 6.11. The van der Waals surface area contributed by atoms with Gasteiger partial charge in [0.25, 0.3) is 5.69 Å². The molecule has 7 heteroatoms. The quantitative estimate of drug-likeness (QED) is 0.641. The Morgan fingerprint density at radius 2 is 1.88 bits per heavy atom. The van der Waals surface area contributed by atoms with E-state index in [4.69, 9.17) is 4.74 Å². The van der Waals surface area contributed by atoms with E-state index in [1.165, 1.54) is 13.0 Å². The van der Waals surface area contributed by atoms with Crippen LogP contribution < -0.4 is 0 Å². The predicted molar refractivity (Wildman–Crippen MR) is 87.2 cm³/mol. The summed E-state index contributed by atoms with van der Waals surface area (Å²) >= 11 is 0. The lowest BCUT2D eigenvalue weighted by atomic mass is 10.1. The number of benzene rings is 2. The zero-order chi connectivity index (χ0) is 17.3. The van der Waals surface area contributed by atoms with Crippen molar-refractivity contribution >= 4 is 17.5 Å². The van der Waals surface area contributed by atoms with Gasteiger partial charge >= 0.3 is 0 Å². The van der Waals surface area contributed by atoms with Crippen LogP contribution in [0.25, 0.3) is 0 Å². The number of aryl methyl sites for hydroxylation is 1. The van der Waals surface area contributed by atoms with E-state index in [-0.39, 0.29) is 23.1 Å². The minimum atomic E-state index is -0.958. The maximum atomic E-state index is 11.9. The summed E-state index contributed by atoms with van der Waals surface area (Å²) in [5.74, 6) is -0.103. The summed E-state index contributed by atoms with van der Waals surface area (Å²) in [5, 5.41) is 16.6. The Balaban J connectivity index is 2.00. The van der Waals surface area contributed by atoms with Gasteiger partial charge in [-0.05, 0) is 25.1 Å². The van der Waals surface area contributed by atoms with Crippen LogP contribution in [0.4, 0.5) is 5.69 Å². The fourth-order valence-corrected chi connectivity index (χ4v) is 2.44. The largest absolute Gasteiger partial charge is 0.445 e. The Bertz CT molecular complexity index is 830. The molecular weight excluding hydrogens is 310 g/mol. The first-order chi connectivity index (χ1) is 11.5. The molecule has 3 rings (SSSR count). The van der Waals surface area contributed by atoms with Crippen molar-refractivity contribution in [3.8, 4) is 0 Å². The van der Waals surface area contributed by atoms with E-state index in [1.807, 2.05) is 31.2 Å². The first-order valence-electron chi connectivity index (χ1n) is 7.33. The van der Waals surface area contributed by atoms with Gasteiger partial charge in [0.1, 0.15) is 0 Å². The number of rotatable bonds is 3. The van der Waals surface area contributed by atoms with E-state index in [9.17, 15) is 14.9 Å². The van der Waals surface area contributed by atoms with Crippen LogP contribution in [0, 0.1) is 17.0 Å². The Kier molecular flexibility index (Phi) is 3.99. The van der Waals surface area contributed by atoms with Gasteiger partial charge in [0, 0.05) is 18.6 Å². The molecule has 24 heavy (non-hydrogen) atoms. The van der Waals surface area contributed by atoms with Crippen LogP contribution in [0.5, 0.6) is 0 Å². The van der Waals surface area contributed by atoms with Crippen molar-refractivity contribution in [3.05, 3.63) is 75.3 Å². The molecule has 2 aromatic carbocycles. The number of para-hydroxylation sites is 1. The summed E-state index contributed by atoms with van der Waals surface area (Å²) in [6.07, 6.45) is -0.958. The van der Waals surface area contributed by atoms with Crippen molar-refractivity contribution in [3.63, 3.8) is 0 Å². The third kappa shape index (κ3) is 2.83. The zero-order valence-corrected chi connectivity index (χ0v) is 13.2. The number of ether oxygens (including phenoxy) is 1. The molecule has 0 radical (unpaired) electrons. The number of hydrazone groups is 1. The van der Waals surface area contributed by atoms with Crippen molar-refractivity contribution in [2.24, 2.45) is 5.10 Å². The third-order valence-electron chi connectivity index (χ3n) is 3.66. The van der Waals surface area contributed by atoms with Gasteiger partial charge in [0.05, 0.1) is 10.5 Å². The van der Waals surface area contributed by atoms with Crippen molar-refractivity contribution in [2.75, 3.05) is 0 Å². The van der Waals surface area contributed by atoms with Gasteiger partial charge in [-0.3, -0.25) is 14.9 Å². The second-order valence-corrected chi connectivity index (χ2v) is 5.42. The van der Waals surface area contributed by atoms with Gasteiger partial charge in [-0.15, -0.1) is 5.10 Å². The number of hydrogen-bond acceptors (Lipinski definition) is 5. The number of nitro groups is 1. The average molecular weight is 325 g/mol. The zero-order valence-electron chi connectivity index (χ0n) is 13.2. The highest BCUT2D eigenvalue weighted by Gasteiger charge is 2.36. The highest BCUT2D eigenvalue weighted by atomic mass is 16.6. The molecule has 1 aliphatic rings. The van der Waals surface area contributed by atoms with E-state index in [1.54, 1.807) is 18.2 Å². The topological polar surface area (TPSA) is 85.0 Å². The monoisotopic (exact) mass is 325 g/mol. The summed E-state index contributed by atoms with van der Waals surface area (Å²) in [4.78, 5) is 22.7. The molecule has 122 valence electrons. The maximum Gasteiger partial charge on any atom is 0.278 e. The maximum absolute atomic E-state index is 11.9. The van der Waals surface area contributed by atoms with Crippen LogP contribution in [-0.4, -0.2) is 21.7 Å². The second-order valence-electron chi connectivity index (χ2n) is 5.42. The highest BCUT2D eigenvalue weighted by Crippen LogP contribution is 2.35. The number of carbonyl (C=O) groups excluding carboxylic acids is 1. The molecule has 1 amide bonds. The molecule has 0 unspecified atom stereocenters. The first kappa shape index (κ1) is 15.7. The van der Waals surface area contributed by atoms with Gasteiger partial charge in [0.15, 0.2) is 0 Å². The lowest BCUT2D eigenvalue weighted by Crippen LogP contribution is -2.25. The molecule has 1 atom stereocenters. The number of hydrogen-bond donors (Lipinski definition) is 0. The lowest BCUT2D eigenvalue weighted by Gasteiger charge is -2.19. The molecule has 0 N–H and O–H groups in total. The van der Waals surface area contributed by atoms with Crippen LogP contribution in [-0.2, 0) is 9.53 Å². The fraction of sp³-hybridized carbons (Fsp3) is 0.176. The van der Waals surface area contributed by atoms with Crippen LogP contribution >= 0.6 is 0 Å². The van der Waals surface area contributed by atoms with E-state index in [2.05, 4.69) is 5.10 Å². The SMILES string of the molecule is CC(=O)N1N=C(c2ccc(C)cc2)O[C@@H]1c1ccccc1[N+](=O)[O-]. The van der Waals surface area contributed by atoms with Crippen LogP contribution in [0.2, 0.25) is 0 Å². The van der Waals surface area contributed by atoms with Gasteiger partial charge in [-0.2, -0.15) is 5.01 Å². The summed E-state index contributed by atoms with van der Waals surface area (Å²) in [7, 11) is 0. The van der Waals surface area contributed by atoms with E-state index in [0.717, 1.165) is 10.6 Å². The van der Waals surface area contributed by atoms with Gasteiger partial charge < -0.3 is 4.74 Å². The Morgan fingerprint density at radius 3 is 2.50 bits per heavy atom. The molecule has 1 aliphatic heterocycles. The molecule has 0 bridgehead atoms. The van der Waals surface area contributed by atoms with E-state index in [0.29, 0.717) is 5.56 Å².